The molecule has 4 rings (SSSR count). The number of likely N-dealkylation sites (tertiary alicyclic amines) is 1. The molecule has 2 aliphatic rings. The van der Waals surface area contributed by atoms with Crippen LogP contribution < -0.4 is 0 Å². The molecule has 0 spiro atoms. The molecule has 0 unspecified atom stereocenters. The van der Waals surface area contributed by atoms with Gasteiger partial charge in [0.15, 0.2) is 5.82 Å². The zero-order chi connectivity index (χ0) is 22.7. The third kappa shape index (κ3) is 5.22. The Hall–Kier alpha value is -1.80. The molecular weight excluding hydrogens is 454 g/mol. The highest BCUT2D eigenvalue weighted by Crippen LogP contribution is 2.26. The Labute approximate surface area is 197 Å². The molecule has 0 N–H and O–H groups in total. The van der Waals surface area contributed by atoms with Crippen molar-refractivity contribution in [1.29, 1.82) is 0 Å². The maximum Gasteiger partial charge on any atom is 0.272 e. The summed E-state index contributed by atoms with van der Waals surface area (Å²) < 4.78 is 19.0. The van der Waals surface area contributed by atoms with E-state index in [9.17, 15) is 9.18 Å². The van der Waals surface area contributed by atoms with Gasteiger partial charge in [0, 0.05) is 44.2 Å². The predicted octanol–water partition coefficient (Wildman–Crippen LogP) is 4.09. The van der Waals surface area contributed by atoms with Gasteiger partial charge in [-0.3, -0.25) is 9.69 Å². The van der Waals surface area contributed by atoms with E-state index in [0.29, 0.717) is 46.9 Å². The molecule has 1 aromatic carbocycles. The number of morpholine rings is 1. The van der Waals surface area contributed by atoms with Crippen molar-refractivity contribution in [2.24, 2.45) is 0 Å². The second kappa shape index (κ2) is 10.4. The zero-order valence-electron chi connectivity index (χ0n) is 18.1. The number of alkyl halides is 1. The first-order valence-corrected chi connectivity index (χ1v) is 11.7. The van der Waals surface area contributed by atoms with Gasteiger partial charge in [0.2, 0.25) is 0 Å². The highest BCUT2D eigenvalue weighted by atomic mass is 35.5. The monoisotopic (exact) mass is 480 g/mol. The van der Waals surface area contributed by atoms with Crippen LogP contribution in [0.15, 0.2) is 18.2 Å². The summed E-state index contributed by atoms with van der Waals surface area (Å²) in [5.74, 6) is -0.132. The molecule has 2 aromatic rings. The van der Waals surface area contributed by atoms with Gasteiger partial charge in [-0.1, -0.05) is 29.3 Å². The van der Waals surface area contributed by atoms with Crippen molar-refractivity contribution in [3.05, 3.63) is 56.6 Å². The molecule has 3 heterocycles. The Morgan fingerprint density at radius 3 is 2.50 bits per heavy atom. The zero-order valence-corrected chi connectivity index (χ0v) is 19.6. The fourth-order valence-corrected chi connectivity index (χ4v) is 4.74. The van der Waals surface area contributed by atoms with E-state index >= 15 is 0 Å². The Balaban J connectivity index is 1.50. The lowest BCUT2D eigenvalue weighted by atomic mass is 10.0. The number of aromatic nitrogens is 2. The molecule has 2 fully saturated rings. The number of ether oxygens (including phenoxy) is 1. The molecular formula is C23H27Cl2FN4O2. The Kier molecular flexibility index (Phi) is 7.61. The number of nitrogens with zero attached hydrogens (tertiary/aromatic N) is 4. The van der Waals surface area contributed by atoms with E-state index in [1.807, 2.05) is 17.9 Å². The third-order valence-electron chi connectivity index (χ3n) is 6.28. The Morgan fingerprint density at radius 2 is 1.84 bits per heavy atom. The number of carbonyl (C=O) groups is 1. The molecule has 0 aliphatic carbocycles. The van der Waals surface area contributed by atoms with Gasteiger partial charge in [0.1, 0.15) is 12.4 Å². The Bertz CT molecular complexity index is 977. The molecule has 2 saturated heterocycles. The number of amides is 1. The van der Waals surface area contributed by atoms with E-state index < -0.39 is 6.67 Å². The van der Waals surface area contributed by atoms with Crippen molar-refractivity contribution in [1.82, 2.24) is 19.8 Å². The predicted molar refractivity (Wildman–Crippen MR) is 122 cm³/mol. The second-order valence-electron chi connectivity index (χ2n) is 8.29. The van der Waals surface area contributed by atoms with E-state index in [2.05, 4.69) is 14.9 Å². The van der Waals surface area contributed by atoms with Crippen molar-refractivity contribution >= 4 is 29.1 Å². The van der Waals surface area contributed by atoms with Crippen LogP contribution in [-0.2, 0) is 17.8 Å². The smallest absolute Gasteiger partial charge is 0.272 e. The minimum Gasteiger partial charge on any atom is -0.379 e. The van der Waals surface area contributed by atoms with Crippen molar-refractivity contribution in [3.63, 3.8) is 0 Å². The molecule has 0 atom stereocenters. The molecule has 32 heavy (non-hydrogen) atoms. The maximum atomic E-state index is 13.5. The molecule has 0 radical (unpaired) electrons. The summed E-state index contributed by atoms with van der Waals surface area (Å²) in [7, 11) is 0. The molecule has 6 nitrogen and oxygen atoms in total. The van der Waals surface area contributed by atoms with E-state index in [0.717, 1.165) is 44.7 Å². The van der Waals surface area contributed by atoms with E-state index in [1.54, 1.807) is 12.1 Å². The summed E-state index contributed by atoms with van der Waals surface area (Å²) in [4.78, 5) is 26.2. The lowest BCUT2D eigenvalue weighted by molar-refractivity contribution is 0.00151. The average Bonchev–Trinajstić information content (AvgIpc) is 2.83. The molecule has 1 aromatic heterocycles. The standard InChI is InChI=1S/C23H27Cl2FN4O2/c1-15-20(13-16-2-3-18(24)19(25)12-16)27-21(14-26)28-22(15)23(31)30-6-4-17(5-7-30)29-8-10-32-11-9-29/h2-3,12,17H,4-11,13-14H2,1H3. The summed E-state index contributed by atoms with van der Waals surface area (Å²) in [5, 5.41) is 0.914. The second-order valence-corrected chi connectivity index (χ2v) is 9.11. The lowest BCUT2D eigenvalue weighted by Gasteiger charge is -2.40. The molecule has 0 bridgehead atoms. The molecule has 0 saturated carbocycles. The number of hydrogen-bond acceptors (Lipinski definition) is 5. The summed E-state index contributed by atoms with van der Waals surface area (Å²) in [5.41, 5.74) is 2.47. The van der Waals surface area contributed by atoms with Crippen LogP contribution in [0, 0.1) is 6.92 Å². The number of piperidine rings is 1. The van der Waals surface area contributed by atoms with Crippen LogP contribution in [0.4, 0.5) is 4.39 Å². The number of rotatable bonds is 5. The van der Waals surface area contributed by atoms with Gasteiger partial charge >= 0.3 is 0 Å². The van der Waals surface area contributed by atoms with Crippen LogP contribution in [0.1, 0.15) is 46.0 Å². The minimum absolute atomic E-state index is 0.0252. The molecule has 9 heteroatoms. The fraction of sp³-hybridized carbons (Fsp3) is 0.522. The lowest BCUT2D eigenvalue weighted by Crippen LogP contribution is -2.50. The van der Waals surface area contributed by atoms with Crippen molar-refractivity contribution in [2.45, 2.75) is 38.9 Å². The number of benzene rings is 1. The highest BCUT2D eigenvalue weighted by Gasteiger charge is 2.30. The van der Waals surface area contributed by atoms with Crippen molar-refractivity contribution in [3.8, 4) is 0 Å². The molecule has 2 aliphatic heterocycles. The van der Waals surface area contributed by atoms with Crippen molar-refractivity contribution in [2.75, 3.05) is 39.4 Å². The first-order chi connectivity index (χ1) is 15.5. The minimum atomic E-state index is -0.825. The summed E-state index contributed by atoms with van der Waals surface area (Å²) in [6, 6.07) is 5.80. The Morgan fingerprint density at radius 1 is 1.12 bits per heavy atom. The van der Waals surface area contributed by atoms with Gasteiger partial charge in [-0.25, -0.2) is 14.4 Å². The maximum absolute atomic E-state index is 13.5. The third-order valence-corrected chi connectivity index (χ3v) is 7.02. The number of hydrogen-bond donors (Lipinski definition) is 0. The van der Waals surface area contributed by atoms with Crippen molar-refractivity contribution < 1.29 is 13.9 Å². The van der Waals surface area contributed by atoms with Crippen LogP contribution in [0.25, 0.3) is 0 Å². The van der Waals surface area contributed by atoms with Gasteiger partial charge in [-0.2, -0.15) is 0 Å². The fourth-order valence-electron chi connectivity index (χ4n) is 4.42. The largest absolute Gasteiger partial charge is 0.379 e. The van der Waals surface area contributed by atoms with Gasteiger partial charge in [-0.05, 0) is 37.5 Å². The van der Waals surface area contributed by atoms with Gasteiger partial charge in [-0.15, -0.1) is 0 Å². The van der Waals surface area contributed by atoms with Crippen LogP contribution in [0.3, 0.4) is 0 Å². The molecule has 1 amide bonds. The summed E-state index contributed by atoms with van der Waals surface area (Å²) >= 11 is 12.1. The highest BCUT2D eigenvalue weighted by molar-refractivity contribution is 6.42. The van der Waals surface area contributed by atoms with Crippen LogP contribution in [0.5, 0.6) is 0 Å². The van der Waals surface area contributed by atoms with Gasteiger partial charge in [0.25, 0.3) is 5.91 Å². The van der Waals surface area contributed by atoms with E-state index in [-0.39, 0.29) is 17.4 Å². The topological polar surface area (TPSA) is 58.6 Å². The first-order valence-electron chi connectivity index (χ1n) is 10.9. The van der Waals surface area contributed by atoms with Gasteiger partial charge in [0.05, 0.1) is 29.0 Å². The normalized spacial score (nSPS) is 18.2. The van der Waals surface area contributed by atoms with Gasteiger partial charge < -0.3 is 9.64 Å². The SMILES string of the molecule is Cc1c(Cc2ccc(Cl)c(Cl)c2)nc(CF)nc1C(=O)N1CCC(N2CCOCC2)CC1. The summed E-state index contributed by atoms with van der Waals surface area (Å²) in [6.45, 7) is 5.76. The van der Waals surface area contributed by atoms with Crippen LogP contribution in [-0.4, -0.2) is 71.1 Å². The average molecular weight is 481 g/mol. The number of halogens is 3. The quantitative estimate of drug-likeness (QED) is 0.644. The van der Waals surface area contributed by atoms with E-state index in [1.165, 1.54) is 0 Å². The summed E-state index contributed by atoms with van der Waals surface area (Å²) in [6.07, 6.45) is 2.25. The first kappa shape index (κ1) is 23.4. The van der Waals surface area contributed by atoms with Crippen LogP contribution in [0.2, 0.25) is 10.0 Å². The van der Waals surface area contributed by atoms with E-state index in [4.69, 9.17) is 27.9 Å². The van der Waals surface area contributed by atoms with Crippen LogP contribution >= 0.6 is 23.2 Å². The number of carbonyl (C=O) groups excluding carboxylic acids is 1. The molecule has 172 valence electrons.